The Morgan fingerprint density at radius 1 is 0.703 bits per heavy atom. The van der Waals surface area contributed by atoms with Gasteiger partial charge < -0.3 is 66.1 Å². The molecule has 205 valence electrons. The van der Waals surface area contributed by atoms with Crippen LogP contribution in [0.25, 0.3) is 0 Å². The fraction of sp³-hybridized carbons (Fsp3) is 0.222. The minimum absolute atomic E-state index is 0. The summed E-state index contributed by atoms with van der Waals surface area (Å²) >= 11 is 0. The predicted octanol–water partition coefficient (Wildman–Crippen LogP) is 0.555. The molecule has 19 heteroatoms. The molecule has 2 N–H and O–H groups in total. The second-order valence-electron chi connectivity index (χ2n) is 5.62. The van der Waals surface area contributed by atoms with Crippen molar-refractivity contribution in [2.45, 2.75) is 0 Å². The van der Waals surface area contributed by atoms with E-state index < -0.39 is 15.3 Å². The van der Waals surface area contributed by atoms with Gasteiger partial charge in [-0.15, -0.1) is 0 Å². The van der Waals surface area contributed by atoms with E-state index in [4.69, 9.17) is 55.4 Å². The Labute approximate surface area is 238 Å². The molecule has 2 aliphatic rings. The number of Topliss-reactive ketones (excluding diaryl/α,β-unsaturated/α-hetero) is 2. The maximum Gasteiger partial charge on any atom is 3.00 e. The first-order chi connectivity index (χ1) is 16.9. The van der Waals surface area contributed by atoms with E-state index in [1.54, 1.807) is 48.9 Å². The summed E-state index contributed by atoms with van der Waals surface area (Å²) in [4.78, 5) is 48.6. The zero-order valence-electron chi connectivity index (χ0n) is 19.0. The maximum absolute atomic E-state index is 11.9. The zero-order chi connectivity index (χ0) is 28.1. The molecule has 2 rings (SSSR count). The molecule has 0 bridgehead atoms. The van der Waals surface area contributed by atoms with Crippen LogP contribution in [0.15, 0.2) is 71.5 Å². The molecule has 0 aromatic carbocycles. The summed E-state index contributed by atoms with van der Waals surface area (Å²) in [6.07, 6.45) is 13.5. The number of hydrogen-bond donors (Lipinski definition) is 2. The summed E-state index contributed by atoms with van der Waals surface area (Å²) in [5.74, 6) is 0.329. The summed E-state index contributed by atoms with van der Waals surface area (Å²) in [5, 5.41) is 50.4. The molecule has 0 atom stereocenters. The molecule has 0 aliphatic heterocycles. The third-order valence-electron chi connectivity index (χ3n) is 3.39. The first-order valence-corrected chi connectivity index (χ1v) is 9.13. The van der Waals surface area contributed by atoms with Gasteiger partial charge in [0.05, 0.1) is 29.5 Å². The second kappa shape index (κ2) is 22.3. The van der Waals surface area contributed by atoms with Gasteiger partial charge in [0.25, 0.3) is 0 Å². The van der Waals surface area contributed by atoms with Gasteiger partial charge in [-0.2, -0.15) is 0 Å². The normalized spacial score (nSPS) is 15.0. The van der Waals surface area contributed by atoms with Crippen LogP contribution >= 0.6 is 0 Å². The summed E-state index contributed by atoms with van der Waals surface area (Å²) < 4.78 is 9.98. The fourth-order valence-corrected chi connectivity index (χ4v) is 2.12. The summed E-state index contributed by atoms with van der Waals surface area (Å²) in [6, 6.07) is 0. The average molecular weight is 677 g/mol. The first kappa shape index (κ1) is 37.4. The van der Waals surface area contributed by atoms with Crippen LogP contribution in [-0.4, -0.2) is 54.1 Å². The number of ketones is 2. The van der Waals surface area contributed by atoms with Gasteiger partial charge in [0.1, 0.15) is 0 Å². The topological polar surface area (TPSA) is 275 Å². The Morgan fingerprint density at radius 3 is 1.22 bits per heavy atom. The number of allylic oxidation sites excluding steroid dienone is 8. The van der Waals surface area contributed by atoms with Crippen molar-refractivity contribution < 1.29 is 72.5 Å². The number of rotatable bonds is 7. The van der Waals surface area contributed by atoms with E-state index in [1.807, 2.05) is 0 Å². The number of hydrogen-bond acceptors (Lipinski definition) is 15. The molecule has 37 heavy (non-hydrogen) atoms. The molecule has 0 aromatic rings. The van der Waals surface area contributed by atoms with Gasteiger partial charge in [-0.3, -0.25) is 9.59 Å². The van der Waals surface area contributed by atoms with Crippen LogP contribution < -0.4 is 10.6 Å². The Kier molecular flexibility index (Phi) is 22.6. The molecule has 0 spiro atoms. The van der Waals surface area contributed by atoms with E-state index >= 15 is 0 Å². The molecule has 0 saturated carbocycles. The van der Waals surface area contributed by atoms with Crippen LogP contribution in [0.4, 0.5) is 0 Å². The number of nitrogens with zero attached hydrogens (tertiary/aromatic N) is 3. The monoisotopic (exact) mass is 678 g/mol. The van der Waals surface area contributed by atoms with Gasteiger partial charge >= 0.3 is 38.2 Å². The van der Waals surface area contributed by atoms with Gasteiger partial charge in [-0.05, 0) is 24.3 Å². The van der Waals surface area contributed by atoms with Gasteiger partial charge in [-0.25, -0.2) is 0 Å². The van der Waals surface area contributed by atoms with E-state index in [9.17, 15) is 9.59 Å². The van der Waals surface area contributed by atoms with Crippen molar-refractivity contribution in [3.8, 4) is 0 Å². The molecule has 0 fully saturated rings. The molecule has 1 radical (unpaired) electrons. The second-order valence-corrected chi connectivity index (χ2v) is 5.62. The van der Waals surface area contributed by atoms with Crippen molar-refractivity contribution in [1.82, 2.24) is 10.6 Å². The van der Waals surface area contributed by atoms with Crippen LogP contribution in [0.2, 0.25) is 0 Å². The standard InChI is InChI=1S/C18H20N2O4.Dy.3NO3/c1-23-15-7-3-5-13(17(15)21)11-19-9-10-20-12-14-6-4-8-16(24-2)18(14)22;;3*2-1(3)4/h3-8,11-12,19-20H,9-10H2,1-2H3;;;;/q;+3;3*-1/b13-11-,14-12-;;;;. The number of methoxy groups -OCH3 is 2. The third kappa shape index (κ3) is 20.9. The summed E-state index contributed by atoms with van der Waals surface area (Å²) in [6.45, 7) is 1.18. The van der Waals surface area contributed by atoms with E-state index in [0.717, 1.165) is 0 Å². The summed E-state index contributed by atoms with van der Waals surface area (Å²) in [5.41, 5.74) is 1.07. The molecule has 0 heterocycles. The Hall–Kier alpha value is -4.15. The van der Waals surface area contributed by atoms with Crippen molar-refractivity contribution in [3.63, 3.8) is 0 Å². The molecule has 0 saturated heterocycles. The van der Waals surface area contributed by atoms with Crippen LogP contribution in [-0.2, 0) is 19.1 Å². The molecular weight excluding hydrogens is 657 g/mol. The first-order valence-electron chi connectivity index (χ1n) is 9.13. The minimum Gasteiger partial charge on any atom is -0.493 e. The Bertz CT molecular complexity index is 886. The van der Waals surface area contributed by atoms with Crippen LogP contribution in [0, 0.1) is 84.1 Å². The molecule has 0 aromatic heterocycles. The van der Waals surface area contributed by atoms with Crippen LogP contribution in [0.5, 0.6) is 0 Å². The number of carbonyl (C=O) groups excluding carboxylic acids is 2. The van der Waals surface area contributed by atoms with Crippen LogP contribution in [0.1, 0.15) is 0 Å². The van der Waals surface area contributed by atoms with E-state index in [1.165, 1.54) is 14.2 Å². The number of carbonyl (C=O) groups is 2. The van der Waals surface area contributed by atoms with Gasteiger partial charge in [0.2, 0.25) is 11.6 Å². The van der Waals surface area contributed by atoms with Crippen molar-refractivity contribution in [3.05, 3.63) is 117 Å². The molecule has 0 unspecified atom stereocenters. The predicted molar refractivity (Wildman–Crippen MR) is 122 cm³/mol. The van der Waals surface area contributed by atoms with Crippen molar-refractivity contribution in [2.75, 3.05) is 27.3 Å². The Balaban J connectivity index is -0.000000747. The van der Waals surface area contributed by atoms with Gasteiger partial charge in [0.15, 0.2) is 11.5 Å². The van der Waals surface area contributed by atoms with Crippen LogP contribution in [0.3, 0.4) is 0 Å². The Morgan fingerprint density at radius 2 is 0.973 bits per heavy atom. The van der Waals surface area contributed by atoms with Crippen molar-refractivity contribution in [1.29, 1.82) is 0 Å². The van der Waals surface area contributed by atoms with Crippen molar-refractivity contribution >= 4 is 11.6 Å². The van der Waals surface area contributed by atoms with E-state index in [-0.39, 0.29) is 49.7 Å². The number of ether oxygens (including phenoxy) is 2. The van der Waals surface area contributed by atoms with Crippen molar-refractivity contribution in [2.24, 2.45) is 0 Å². The molecule has 18 nitrogen and oxygen atoms in total. The van der Waals surface area contributed by atoms with Gasteiger partial charge in [0, 0.05) is 36.6 Å². The van der Waals surface area contributed by atoms with E-state index in [2.05, 4.69) is 10.6 Å². The maximum atomic E-state index is 11.9. The minimum atomic E-state index is -1.75. The zero-order valence-corrected chi connectivity index (χ0v) is 21.0. The fourth-order valence-electron chi connectivity index (χ4n) is 2.12. The SMILES string of the molecule is COC1=CC=C/C(=C/NCCN/C=C2/C=CC=C(OC)C2=O)C1=O.O=[N+]([O-])[O-].O=[N+]([O-])[O-].O=[N+]([O-])[O-].[Dy+3]. The molecular formula is C18H20DyN5O13. The number of nitrogens with one attached hydrogen (secondary N) is 2. The van der Waals surface area contributed by atoms with Gasteiger partial charge in [-0.1, -0.05) is 12.2 Å². The molecule has 2 aliphatic carbocycles. The quantitative estimate of drug-likeness (QED) is 0.161. The summed E-state index contributed by atoms with van der Waals surface area (Å²) in [7, 11) is 2.94. The smallest absolute Gasteiger partial charge is 0.493 e. The third-order valence-corrected chi connectivity index (χ3v) is 3.39. The average Bonchev–Trinajstić information content (AvgIpc) is 2.77. The largest absolute Gasteiger partial charge is 3.00 e. The molecule has 0 amide bonds. The van der Waals surface area contributed by atoms with E-state index in [0.29, 0.717) is 35.8 Å².